The third-order valence-corrected chi connectivity index (χ3v) is 2.84. The molecular weight excluding hydrogens is 206 g/mol. The number of carbonyl (C=O) groups excluding carboxylic acids is 1. The van der Waals surface area contributed by atoms with Gasteiger partial charge in [-0.15, -0.1) is 0 Å². The lowest BCUT2D eigenvalue weighted by atomic mass is 10.3. The molecule has 1 aromatic heterocycles. The molecule has 1 fully saturated rings. The molecule has 88 valence electrons. The van der Waals surface area contributed by atoms with Gasteiger partial charge in [-0.1, -0.05) is 0 Å². The maximum Gasteiger partial charge on any atom is 0.271 e. The van der Waals surface area contributed by atoms with E-state index in [2.05, 4.69) is 15.1 Å². The zero-order valence-corrected chi connectivity index (χ0v) is 9.22. The van der Waals surface area contributed by atoms with E-state index >= 15 is 0 Å². The van der Waals surface area contributed by atoms with Gasteiger partial charge in [-0.3, -0.25) is 14.8 Å². The van der Waals surface area contributed by atoms with E-state index < -0.39 is 0 Å². The molecule has 1 aromatic rings. The normalized spacial score (nSPS) is 17.7. The second-order valence-electron chi connectivity index (χ2n) is 3.89. The standard InChI is InChI=1S/C10H17N5O/c11-2-4-14-5-7-15(8-6-14)10(16)9-1-3-12-13-9/h1,3H,2,4-8,11H2,(H,12,13). The Morgan fingerprint density at radius 1 is 1.44 bits per heavy atom. The van der Waals surface area contributed by atoms with Crippen LogP contribution in [0.25, 0.3) is 0 Å². The Bertz CT molecular complexity index is 329. The Balaban J connectivity index is 1.87. The highest BCUT2D eigenvalue weighted by molar-refractivity contribution is 5.92. The Kier molecular flexibility index (Phi) is 3.53. The van der Waals surface area contributed by atoms with Crippen LogP contribution in [0.2, 0.25) is 0 Å². The fourth-order valence-electron chi connectivity index (χ4n) is 1.90. The number of nitrogens with two attached hydrogens (primary N) is 1. The molecule has 0 atom stereocenters. The molecule has 0 unspecified atom stereocenters. The molecule has 1 saturated heterocycles. The van der Waals surface area contributed by atoms with Crippen molar-refractivity contribution in [2.75, 3.05) is 39.3 Å². The number of hydrogen-bond acceptors (Lipinski definition) is 4. The molecule has 0 bridgehead atoms. The summed E-state index contributed by atoms with van der Waals surface area (Å²) in [6, 6.07) is 1.70. The van der Waals surface area contributed by atoms with Crippen molar-refractivity contribution < 1.29 is 4.79 Å². The lowest BCUT2D eigenvalue weighted by molar-refractivity contribution is 0.0635. The number of rotatable bonds is 3. The number of piperazine rings is 1. The van der Waals surface area contributed by atoms with Gasteiger partial charge in [-0.25, -0.2) is 0 Å². The van der Waals surface area contributed by atoms with Crippen LogP contribution in [0.3, 0.4) is 0 Å². The number of aromatic amines is 1. The Hall–Kier alpha value is -1.40. The van der Waals surface area contributed by atoms with Gasteiger partial charge in [0.2, 0.25) is 0 Å². The maximum atomic E-state index is 11.9. The summed E-state index contributed by atoms with van der Waals surface area (Å²) in [6.45, 7) is 4.91. The molecule has 0 aliphatic carbocycles. The van der Waals surface area contributed by atoms with E-state index in [1.54, 1.807) is 12.3 Å². The number of nitrogens with zero attached hydrogens (tertiary/aromatic N) is 3. The fraction of sp³-hybridized carbons (Fsp3) is 0.600. The SMILES string of the molecule is NCCN1CCN(C(=O)c2ccn[nH]2)CC1. The number of nitrogens with one attached hydrogen (secondary N) is 1. The van der Waals surface area contributed by atoms with Gasteiger partial charge in [0.1, 0.15) is 5.69 Å². The van der Waals surface area contributed by atoms with Crippen molar-refractivity contribution in [1.82, 2.24) is 20.0 Å². The van der Waals surface area contributed by atoms with Gasteiger partial charge in [0.25, 0.3) is 5.91 Å². The van der Waals surface area contributed by atoms with Crippen LogP contribution in [0, 0.1) is 0 Å². The highest BCUT2D eigenvalue weighted by Gasteiger charge is 2.22. The van der Waals surface area contributed by atoms with Crippen LogP contribution in [-0.2, 0) is 0 Å². The molecule has 2 heterocycles. The van der Waals surface area contributed by atoms with Crippen LogP contribution < -0.4 is 5.73 Å². The van der Waals surface area contributed by atoms with Crippen molar-refractivity contribution in [3.05, 3.63) is 18.0 Å². The summed E-state index contributed by atoms with van der Waals surface area (Å²) in [4.78, 5) is 16.1. The summed E-state index contributed by atoms with van der Waals surface area (Å²) < 4.78 is 0. The van der Waals surface area contributed by atoms with Crippen molar-refractivity contribution in [3.8, 4) is 0 Å². The molecule has 0 aromatic carbocycles. The summed E-state index contributed by atoms with van der Waals surface area (Å²) in [5.74, 6) is 0.0323. The average Bonchev–Trinajstić information content (AvgIpc) is 2.83. The van der Waals surface area contributed by atoms with Crippen molar-refractivity contribution in [1.29, 1.82) is 0 Å². The van der Waals surface area contributed by atoms with Gasteiger partial charge in [-0.05, 0) is 6.07 Å². The second kappa shape index (κ2) is 5.09. The Morgan fingerprint density at radius 3 is 2.75 bits per heavy atom. The van der Waals surface area contributed by atoms with Crippen LogP contribution in [0.1, 0.15) is 10.5 Å². The molecule has 6 nitrogen and oxygen atoms in total. The Morgan fingerprint density at radius 2 is 2.19 bits per heavy atom. The van der Waals surface area contributed by atoms with Gasteiger partial charge >= 0.3 is 0 Å². The highest BCUT2D eigenvalue weighted by Crippen LogP contribution is 2.05. The van der Waals surface area contributed by atoms with E-state index in [1.807, 2.05) is 4.90 Å². The molecule has 1 amide bonds. The minimum atomic E-state index is 0.0323. The van der Waals surface area contributed by atoms with E-state index in [0.717, 1.165) is 32.7 Å². The zero-order chi connectivity index (χ0) is 11.4. The molecule has 0 saturated carbocycles. The summed E-state index contributed by atoms with van der Waals surface area (Å²) in [5.41, 5.74) is 6.06. The van der Waals surface area contributed by atoms with Gasteiger partial charge < -0.3 is 10.6 Å². The van der Waals surface area contributed by atoms with Gasteiger partial charge in [0.15, 0.2) is 0 Å². The van der Waals surface area contributed by atoms with Crippen molar-refractivity contribution in [2.24, 2.45) is 5.73 Å². The van der Waals surface area contributed by atoms with Crippen molar-refractivity contribution in [2.45, 2.75) is 0 Å². The molecule has 3 N–H and O–H groups in total. The van der Waals surface area contributed by atoms with Gasteiger partial charge in [-0.2, -0.15) is 5.10 Å². The molecule has 0 radical (unpaired) electrons. The average molecular weight is 223 g/mol. The van der Waals surface area contributed by atoms with Crippen LogP contribution in [0.5, 0.6) is 0 Å². The molecule has 0 spiro atoms. The molecule has 1 aliphatic rings. The van der Waals surface area contributed by atoms with Crippen LogP contribution in [0.15, 0.2) is 12.3 Å². The van der Waals surface area contributed by atoms with E-state index in [0.29, 0.717) is 12.2 Å². The third kappa shape index (κ3) is 2.40. The minimum Gasteiger partial charge on any atom is -0.335 e. The first-order valence-electron chi connectivity index (χ1n) is 5.52. The number of H-pyrrole nitrogens is 1. The first-order chi connectivity index (χ1) is 7.81. The predicted molar refractivity (Wildman–Crippen MR) is 60.0 cm³/mol. The molecule has 2 rings (SSSR count). The third-order valence-electron chi connectivity index (χ3n) is 2.84. The lowest BCUT2D eigenvalue weighted by Crippen LogP contribution is -2.49. The summed E-state index contributed by atoms with van der Waals surface area (Å²) in [6.07, 6.45) is 1.60. The predicted octanol–water partition coefficient (Wildman–Crippen LogP) is -0.874. The molecule has 1 aliphatic heterocycles. The zero-order valence-electron chi connectivity index (χ0n) is 9.22. The summed E-state index contributed by atoms with van der Waals surface area (Å²) >= 11 is 0. The van der Waals surface area contributed by atoms with Crippen LogP contribution >= 0.6 is 0 Å². The maximum absolute atomic E-state index is 11.9. The van der Waals surface area contributed by atoms with E-state index in [-0.39, 0.29) is 5.91 Å². The molecular formula is C10H17N5O. The monoisotopic (exact) mass is 223 g/mol. The number of hydrogen-bond donors (Lipinski definition) is 2. The summed E-state index contributed by atoms with van der Waals surface area (Å²) in [7, 11) is 0. The van der Waals surface area contributed by atoms with E-state index in [4.69, 9.17) is 5.73 Å². The summed E-state index contributed by atoms with van der Waals surface area (Å²) in [5, 5.41) is 6.48. The second-order valence-corrected chi connectivity index (χ2v) is 3.89. The van der Waals surface area contributed by atoms with E-state index in [1.165, 1.54) is 0 Å². The lowest BCUT2D eigenvalue weighted by Gasteiger charge is -2.34. The van der Waals surface area contributed by atoms with Crippen LogP contribution in [0.4, 0.5) is 0 Å². The fourth-order valence-corrected chi connectivity index (χ4v) is 1.90. The van der Waals surface area contributed by atoms with Crippen molar-refractivity contribution >= 4 is 5.91 Å². The topological polar surface area (TPSA) is 78.2 Å². The van der Waals surface area contributed by atoms with Crippen molar-refractivity contribution in [3.63, 3.8) is 0 Å². The van der Waals surface area contributed by atoms with Crippen LogP contribution in [-0.4, -0.2) is 65.2 Å². The van der Waals surface area contributed by atoms with Gasteiger partial charge in [0, 0.05) is 45.5 Å². The largest absolute Gasteiger partial charge is 0.335 e. The smallest absolute Gasteiger partial charge is 0.271 e. The number of amides is 1. The van der Waals surface area contributed by atoms with Gasteiger partial charge in [0.05, 0.1) is 0 Å². The molecule has 6 heteroatoms. The highest BCUT2D eigenvalue weighted by atomic mass is 16.2. The number of carbonyl (C=O) groups is 1. The molecule has 16 heavy (non-hydrogen) atoms. The quantitative estimate of drug-likeness (QED) is 0.698. The minimum absolute atomic E-state index is 0.0323. The number of aromatic nitrogens is 2. The van der Waals surface area contributed by atoms with E-state index in [9.17, 15) is 4.79 Å². The first kappa shape index (κ1) is 11.1. The Labute approximate surface area is 94.4 Å². The first-order valence-corrected chi connectivity index (χ1v) is 5.52.